The standard InChI is InChI=1S/C15H27N3/c1-13-6-2-3-10-18(13)11-5-9-17-15-8-4-7-14(15)12-16/h13-15,17H,2-11H2,1H3. The third-order valence-corrected chi connectivity index (χ3v) is 4.65. The minimum absolute atomic E-state index is 0.263. The Morgan fingerprint density at radius 3 is 2.89 bits per heavy atom. The fourth-order valence-electron chi connectivity index (χ4n) is 3.42. The molecule has 1 N–H and O–H groups in total. The highest BCUT2D eigenvalue weighted by Gasteiger charge is 2.26. The summed E-state index contributed by atoms with van der Waals surface area (Å²) < 4.78 is 0. The second-order valence-corrected chi connectivity index (χ2v) is 5.96. The second-order valence-electron chi connectivity index (χ2n) is 5.96. The molecule has 0 aromatic carbocycles. The lowest BCUT2D eigenvalue weighted by molar-refractivity contribution is 0.158. The lowest BCUT2D eigenvalue weighted by Crippen LogP contribution is -2.40. The fraction of sp³-hybridized carbons (Fsp3) is 0.933. The average Bonchev–Trinajstić information content (AvgIpc) is 2.84. The Morgan fingerprint density at radius 2 is 2.11 bits per heavy atom. The highest BCUT2D eigenvalue weighted by molar-refractivity contribution is 4.96. The van der Waals surface area contributed by atoms with Gasteiger partial charge in [-0.1, -0.05) is 12.8 Å². The number of hydrogen-bond acceptors (Lipinski definition) is 3. The van der Waals surface area contributed by atoms with Gasteiger partial charge in [0.15, 0.2) is 0 Å². The van der Waals surface area contributed by atoms with E-state index in [-0.39, 0.29) is 5.92 Å². The van der Waals surface area contributed by atoms with Crippen LogP contribution in [0.1, 0.15) is 51.9 Å². The number of nitriles is 1. The van der Waals surface area contributed by atoms with Crippen LogP contribution in [0.2, 0.25) is 0 Å². The van der Waals surface area contributed by atoms with Gasteiger partial charge in [0.05, 0.1) is 12.0 Å². The van der Waals surface area contributed by atoms with Crippen molar-refractivity contribution in [3.8, 4) is 6.07 Å². The topological polar surface area (TPSA) is 39.1 Å². The van der Waals surface area contributed by atoms with Gasteiger partial charge in [-0.15, -0.1) is 0 Å². The summed E-state index contributed by atoms with van der Waals surface area (Å²) in [7, 11) is 0. The zero-order valence-electron chi connectivity index (χ0n) is 11.7. The smallest absolute Gasteiger partial charge is 0.0672 e. The van der Waals surface area contributed by atoms with Crippen LogP contribution in [-0.4, -0.2) is 36.6 Å². The Kier molecular flexibility index (Phi) is 5.46. The van der Waals surface area contributed by atoms with Crippen molar-refractivity contribution in [2.24, 2.45) is 5.92 Å². The van der Waals surface area contributed by atoms with E-state index in [1.807, 2.05) is 0 Å². The van der Waals surface area contributed by atoms with Crippen LogP contribution < -0.4 is 5.32 Å². The lowest BCUT2D eigenvalue weighted by Gasteiger charge is -2.33. The van der Waals surface area contributed by atoms with Gasteiger partial charge in [-0.05, 0) is 58.7 Å². The first-order valence-corrected chi connectivity index (χ1v) is 7.68. The quantitative estimate of drug-likeness (QED) is 0.761. The normalized spacial score (nSPS) is 33.4. The maximum absolute atomic E-state index is 9.03. The van der Waals surface area contributed by atoms with E-state index in [1.54, 1.807) is 0 Å². The molecule has 2 fully saturated rings. The van der Waals surface area contributed by atoms with Crippen molar-refractivity contribution in [3.05, 3.63) is 0 Å². The maximum Gasteiger partial charge on any atom is 0.0672 e. The minimum atomic E-state index is 0.263. The molecule has 18 heavy (non-hydrogen) atoms. The zero-order chi connectivity index (χ0) is 12.8. The molecule has 2 rings (SSSR count). The molecule has 0 amide bonds. The Morgan fingerprint density at radius 1 is 1.22 bits per heavy atom. The molecule has 0 radical (unpaired) electrons. The third-order valence-electron chi connectivity index (χ3n) is 4.65. The summed E-state index contributed by atoms with van der Waals surface area (Å²) in [4.78, 5) is 2.63. The SMILES string of the molecule is CC1CCCCN1CCCNC1CCCC1C#N. The number of rotatable bonds is 5. The van der Waals surface area contributed by atoms with Crippen molar-refractivity contribution in [2.45, 2.75) is 64.0 Å². The molecule has 1 heterocycles. The Bertz CT molecular complexity index is 284. The molecule has 3 nitrogen and oxygen atoms in total. The van der Waals surface area contributed by atoms with Gasteiger partial charge < -0.3 is 10.2 Å². The van der Waals surface area contributed by atoms with Crippen LogP contribution in [-0.2, 0) is 0 Å². The van der Waals surface area contributed by atoms with Crippen molar-refractivity contribution in [3.63, 3.8) is 0 Å². The van der Waals surface area contributed by atoms with Gasteiger partial charge in [0.2, 0.25) is 0 Å². The zero-order valence-corrected chi connectivity index (χ0v) is 11.7. The van der Waals surface area contributed by atoms with Gasteiger partial charge in [-0.3, -0.25) is 0 Å². The largest absolute Gasteiger partial charge is 0.313 e. The summed E-state index contributed by atoms with van der Waals surface area (Å²) in [6.07, 6.45) is 8.87. The molecule has 0 aromatic rings. The van der Waals surface area contributed by atoms with Crippen LogP contribution in [0.5, 0.6) is 0 Å². The van der Waals surface area contributed by atoms with Crippen LogP contribution in [0.15, 0.2) is 0 Å². The molecule has 0 bridgehead atoms. The van der Waals surface area contributed by atoms with Crippen molar-refractivity contribution >= 4 is 0 Å². The van der Waals surface area contributed by atoms with Gasteiger partial charge in [0, 0.05) is 12.1 Å². The fourth-order valence-corrected chi connectivity index (χ4v) is 3.42. The van der Waals surface area contributed by atoms with Gasteiger partial charge >= 0.3 is 0 Å². The molecule has 1 aliphatic carbocycles. The molecule has 3 unspecified atom stereocenters. The van der Waals surface area contributed by atoms with Crippen molar-refractivity contribution in [2.75, 3.05) is 19.6 Å². The van der Waals surface area contributed by atoms with E-state index in [4.69, 9.17) is 5.26 Å². The molecule has 1 aliphatic heterocycles. The highest BCUT2D eigenvalue weighted by atomic mass is 15.2. The first kappa shape index (κ1) is 13.8. The van der Waals surface area contributed by atoms with Crippen LogP contribution in [0.25, 0.3) is 0 Å². The second kappa shape index (κ2) is 7.11. The van der Waals surface area contributed by atoms with Crippen LogP contribution in [0, 0.1) is 17.2 Å². The predicted molar refractivity (Wildman–Crippen MR) is 74.2 cm³/mol. The Labute approximate surface area is 112 Å². The predicted octanol–water partition coefficient (Wildman–Crippen LogP) is 2.53. The summed E-state index contributed by atoms with van der Waals surface area (Å²) in [6, 6.07) is 3.68. The maximum atomic E-state index is 9.03. The molecule has 102 valence electrons. The molecule has 3 atom stereocenters. The van der Waals surface area contributed by atoms with Crippen LogP contribution in [0.4, 0.5) is 0 Å². The highest BCUT2D eigenvalue weighted by Crippen LogP contribution is 2.24. The van der Waals surface area contributed by atoms with Crippen LogP contribution >= 0.6 is 0 Å². The van der Waals surface area contributed by atoms with E-state index in [2.05, 4.69) is 23.2 Å². The van der Waals surface area contributed by atoms with E-state index in [1.165, 1.54) is 51.6 Å². The van der Waals surface area contributed by atoms with Crippen molar-refractivity contribution < 1.29 is 0 Å². The third kappa shape index (κ3) is 3.70. The molecule has 1 saturated carbocycles. The van der Waals surface area contributed by atoms with E-state index in [9.17, 15) is 0 Å². The molecule has 1 saturated heterocycles. The van der Waals surface area contributed by atoms with Crippen molar-refractivity contribution in [1.82, 2.24) is 10.2 Å². The van der Waals surface area contributed by atoms with Crippen molar-refractivity contribution in [1.29, 1.82) is 5.26 Å². The summed E-state index contributed by atoms with van der Waals surface area (Å²) in [5.74, 6) is 0.263. The summed E-state index contributed by atoms with van der Waals surface area (Å²) in [6.45, 7) is 5.94. The monoisotopic (exact) mass is 249 g/mol. The summed E-state index contributed by atoms with van der Waals surface area (Å²) >= 11 is 0. The first-order valence-electron chi connectivity index (χ1n) is 7.68. The number of nitrogens with zero attached hydrogens (tertiary/aromatic N) is 2. The molecule has 3 heteroatoms. The number of nitrogens with one attached hydrogen (secondary N) is 1. The molecule has 0 spiro atoms. The molecule has 0 aromatic heterocycles. The number of likely N-dealkylation sites (tertiary alicyclic amines) is 1. The average molecular weight is 249 g/mol. The molecular weight excluding hydrogens is 222 g/mol. The molecule has 2 aliphatic rings. The van der Waals surface area contributed by atoms with E-state index in [0.717, 1.165) is 19.0 Å². The first-order chi connectivity index (χ1) is 8.81. The molecular formula is C15H27N3. The van der Waals surface area contributed by atoms with Crippen LogP contribution in [0.3, 0.4) is 0 Å². The van der Waals surface area contributed by atoms with Gasteiger partial charge in [-0.25, -0.2) is 0 Å². The lowest BCUT2D eigenvalue weighted by atomic mass is 10.0. The van der Waals surface area contributed by atoms with E-state index < -0.39 is 0 Å². The Balaban J connectivity index is 1.59. The van der Waals surface area contributed by atoms with Gasteiger partial charge in [0.25, 0.3) is 0 Å². The number of piperidine rings is 1. The van der Waals surface area contributed by atoms with E-state index >= 15 is 0 Å². The summed E-state index contributed by atoms with van der Waals surface area (Å²) in [5.41, 5.74) is 0. The Hall–Kier alpha value is -0.590. The summed E-state index contributed by atoms with van der Waals surface area (Å²) in [5, 5.41) is 12.6. The van der Waals surface area contributed by atoms with Gasteiger partial charge in [0.1, 0.15) is 0 Å². The van der Waals surface area contributed by atoms with E-state index in [0.29, 0.717) is 6.04 Å². The number of hydrogen-bond donors (Lipinski definition) is 1. The van der Waals surface area contributed by atoms with Gasteiger partial charge in [-0.2, -0.15) is 5.26 Å². The minimum Gasteiger partial charge on any atom is -0.313 e.